The Labute approximate surface area is 158 Å². The van der Waals surface area contributed by atoms with Crippen LogP contribution in [0.2, 0.25) is 0 Å². The maximum absolute atomic E-state index is 13.2. The van der Waals surface area contributed by atoms with Crippen LogP contribution in [-0.2, 0) is 11.3 Å². The fourth-order valence-corrected chi connectivity index (χ4v) is 2.98. The van der Waals surface area contributed by atoms with E-state index in [0.29, 0.717) is 17.0 Å². The lowest BCUT2D eigenvalue weighted by Gasteiger charge is -2.39. The van der Waals surface area contributed by atoms with Crippen LogP contribution < -0.4 is 15.0 Å². The van der Waals surface area contributed by atoms with Crippen LogP contribution in [0.5, 0.6) is 5.75 Å². The molecule has 142 valence electrons. The molecule has 1 aliphatic heterocycles. The SMILES string of the molecule is CC(C)NC(=O)c1ccc2c(c1)N(Cc1ccc(F)cc1)C(=O)C(C)(C)O2. The second kappa shape index (κ2) is 7.02. The summed E-state index contributed by atoms with van der Waals surface area (Å²) in [5.41, 5.74) is 0.725. The Hall–Kier alpha value is -2.89. The molecular formula is C21H23FN2O3. The largest absolute Gasteiger partial charge is 0.476 e. The summed E-state index contributed by atoms with van der Waals surface area (Å²) in [7, 11) is 0. The van der Waals surface area contributed by atoms with Gasteiger partial charge < -0.3 is 15.0 Å². The summed E-state index contributed by atoms with van der Waals surface area (Å²) in [5, 5.41) is 2.84. The number of amides is 2. The van der Waals surface area contributed by atoms with E-state index in [1.54, 1.807) is 49.1 Å². The number of nitrogens with one attached hydrogen (secondary N) is 1. The zero-order valence-corrected chi connectivity index (χ0v) is 15.9. The first-order chi connectivity index (χ1) is 12.7. The Morgan fingerprint density at radius 1 is 1.19 bits per heavy atom. The monoisotopic (exact) mass is 370 g/mol. The maximum atomic E-state index is 13.2. The van der Waals surface area contributed by atoms with Crippen molar-refractivity contribution in [2.45, 2.75) is 45.9 Å². The minimum absolute atomic E-state index is 0.000617. The third-order valence-corrected chi connectivity index (χ3v) is 4.31. The molecular weight excluding hydrogens is 347 g/mol. The van der Waals surface area contributed by atoms with Crippen molar-refractivity contribution in [1.29, 1.82) is 0 Å². The van der Waals surface area contributed by atoms with Crippen molar-refractivity contribution in [3.05, 3.63) is 59.4 Å². The third-order valence-electron chi connectivity index (χ3n) is 4.31. The molecule has 0 atom stereocenters. The number of anilines is 1. The van der Waals surface area contributed by atoms with E-state index in [4.69, 9.17) is 4.74 Å². The molecule has 0 saturated carbocycles. The zero-order valence-electron chi connectivity index (χ0n) is 15.9. The van der Waals surface area contributed by atoms with Crippen LogP contribution in [0.3, 0.4) is 0 Å². The fourth-order valence-electron chi connectivity index (χ4n) is 2.98. The van der Waals surface area contributed by atoms with Crippen molar-refractivity contribution in [3.63, 3.8) is 0 Å². The van der Waals surface area contributed by atoms with Gasteiger partial charge in [0, 0.05) is 11.6 Å². The number of nitrogens with zero attached hydrogens (tertiary/aromatic N) is 1. The summed E-state index contributed by atoms with van der Waals surface area (Å²) < 4.78 is 19.1. The Morgan fingerprint density at radius 2 is 1.85 bits per heavy atom. The summed E-state index contributed by atoms with van der Waals surface area (Å²) in [6, 6.07) is 11.0. The molecule has 5 nitrogen and oxygen atoms in total. The molecule has 0 unspecified atom stereocenters. The summed E-state index contributed by atoms with van der Waals surface area (Å²) in [6.45, 7) is 7.43. The van der Waals surface area contributed by atoms with Gasteiger partial charge in [0.25, 0.3) is 11.8 Å². The first-order valence-electron chi connectivity index (χ1n) is 8.88. The van der Waals surface area contributed by atoms with Crippen LogP contribution >= 0.6 is 0 Å². The predicted octanol–water partition coefficient (Wildman–Crippen LogP) is 3.67. The molecule has 0 spiro atoms. The van der Waals surface area contributed by atoms with E-state index in [1.165, 1.54) is 12.1 Å². The minimum Gasteiger partial charge on any atom is -0.476 e. The molecule has 0 radical (unpaired) electrons. The van der Waals surface area contributed by atoms with Crippen LogP contribution in [0.1, 0.15) is 43.6 Å². The molecule has 0 saturated heterocycles. The van der Waals surface area contributed by atoms with Crippen molar-refractivity contribution in [2.75, 3.05) is 4.90 Å². The lowest BCUT2D eigenvalue weighted by atomic mass is 10.0. The highest BCUT2D eigenvalue weighted by Crippen LogP contribution is 2.39. The normalized spacial score (nSPS) is 15.3. The molecule has 2 aromatic carbocycles. The highest BCUT2D eigenvalue weighted by Gasteiger charge is 2.41. The standard InChI is InChI=1S/C21H23FN2O3/c1-13(2)23-19(25)15-7-10-18-17(11-15)24(20(26)21(3,4)27-18)12-14-5-8-16(22)9-6-14/h5-11,13H,12H2,1-4H3,(H,23,25). The molecule has 27 heavy (non-hydrogen) atoms. The van der Waals surface area contributed by atoms with Crippen molar-refractivity contribution in [2.24, 2.45) is 0 Å². The van der Waals surface area contributed by atoms with Gasteiger partial charge in [-0.15, -0.1) is 0 Å². The van der Waals surface area contributed by atoms with Crippen LogP contribution in [0.4, 0.5) is 10.1 Å². The van der Waals surface area contributed by atoms with Gasteiger partial charge >= 0.3 is 0 Å². The molecule has 1 aliphatic rings. The average Bonchev–Trinajstić information content (AvgIpc) is 2.59. The summed E-state index contributed by atoms with van der Waals surface area (Å²) in [4.78, 5) is 26.9. The van der Waals surface area contributed by atoms with E-state index in [2.05, 4.69) is 5.32 Å². The summed E-state index contributed by atoms with van der Waals surface area (Å²) in [5.74, 6) is -0.240. The molecule has 1 N–H and O–H groups in total. The average molecular weight is 370 g/mol. The fraction of sp³-hybridized carbons (Fsp3) is 0.333. The Balaban J connectivity index is 2.00. The first-order valence-corrected chi connectivity index (χ1v) is 8.88. The minimum atomic E-state index is -1.03. The molecule has 0 aromatic heterocycles. The number of rotatable bonds is 4. The molecule has 6 heteroatoms. The van der Waals surface area contributed by atoms with E-state index in [9.17, 15) is 14.0 Å². The van der Waals surface area contributed by atoms with Gasteiger partial charge in [-0.1, -0.05) is 12.1 Å². The highest BCUT2D eigenvalue weighted by molar-refractivity contribution is 6.04. The van der Waals surface area contributed by atoms with Crippen molar-refractivity contribution >= 4 is 17.5 Å². The van der Waals surface area contributed by atoms with E-state index in [-0.39, 0.29) is 30.2 Å². The quantitative estimate of drug-likeness (QED) is 0.893. The van der Waals surface area contributed by atoms with E-state index in [1.807, 2.05) is 13.8 Å². The van der Waals surface area contributed by atoms with Crippen molar-refractivity contribution in [3.8, 4) is 5.75 Å². The van der Waals surface area contributed by atoms with Gasteiger partial charge in [0.05, 0.1) is 12.2 Å². The topological polar surface area (TPSA) is 58.6 Å². The molecule has 1 heterocycles. The van der Waals surface area contributed by atoms with Crippen molar-refractivity contribution in [1.82, 2.24) is 5.32 Å². The zero-order chi connectivity index (χ0) is 19.8. The second-order valence-corrected chi connectivity index (χ2v) is 7.44. The van der Waals surface area contributed by atoms with Crippen molar-refractivity contribution < 1.29 is 18.7 Å². The second-order valence-electron chi connectivity index (χ2n) is 7.44. The summed E-state index contributed by atoms with van der Waals surface area (Å²) >= 11 is 0. The number of hydrogen-bond acceptors (Lipinski definition) is 3. The number of halogens is 1. The predicted molar refractivity (Wildman–Crippen MR) is 101 cm³/mol. The van der Waals surface area contributed by atoms with Gasteiger partial charge in [-0.25, -0.2) is 4.39 Å². The van der Waals surface area contributed by atoms with Gasteiger partial charge in [-0.2, -0.15) is 0 Å². The van der Waals surface area contributed by atoms with E-state index >= 15 is 0 Å². The molecule has 0 bridgehead atoms. The number of carbonyl (C=O) groups is 2. The molecule has 0 fully saturated rings. The summed E-state index contributed by atoms with van der Waals surface area (Å²) in [6.07, 6.45) is 0. The molecule has 3 rings (SSSR count). The molecule has 2 amide bonds. The maximum Gasteiger partial charge on any atom is 0.271 e. The smallest absolute Gasteiger partial charge is 0.271 e. The lowest BCUT2D eigenvalue weighted by Crippen LogP contribution is -2.52. The van der Waals surface area contributed by atoms with Crippen LogP contribution in [0.25, 0.3) is 0 Å². The van der Waals surface area contributed by atoms with E-state index in [0.717, 1.165) is 5.56 Å². The first kappa shape index (κ1) is 18.9. The molecule has 0 aliphatic carbocycles. The molecule has 2 aromatic rings. The van der Waals surface area contributed by atoms with Gasteiger partial charge in [0.1, 0.15) is 11.6 Å². The lowest BCUT2D eigenvalue weighted by molar-refractivity contribution is -0.132. The number of benzene rings is 2. The van der Waals surface area contributed by atoms with Gasteiger partial charge in [0.15, 0.2) is 5.60 Å². The van der Waals surface area contributed by atoms with Crippen LogP contribution in [0.15, 0.2) is 42.5 Å². The number of ether oxygens (including phenoxy) is 1. The van der Waals surface area contributed by atoms with Gasteiger partial charge in [-0.05, 0) is 63.6 Å². The van der Waals surface area contributed by atoms with Gasteiger partial charge in [-0.3, -0.25) is 9.59 Å². The van der Waals surface area contributed by atoms with E-state index < -0.39 is 5.60 Å². The number of hydrogen-bond donors (Lipinski definition) is 1. The Bertz CT molecular complexity index is 875. The number of carbonyl (C=O) groups excluding carboxylic acids is 2. The van der Waals surface area contributed by atoms with Crippen LogP contribution in [-0.4, -0.2) is 23.5 Å². The Kier molecular flexibility index (Phi) is 4.91. The third kappa shape index (κ3) is 3.94. The Morgan fingerprint density at radius 3 is 2.48 bits per heavy atom. The van der Waals surface area contributed by atoms with Crippen LogP contribution in [0, 0.1) is 5.82 Å². The number of fused-ring (bicyclic) bond motifs is 1. The highest BCUT2D eigenvalue weighted by atomic mass is 19.1. The van der Waals surface area contributed by atoms with Gasteiger partial charge in [0.2, 0.25) is 0 Å².